The molecule has 0 N–H and O–H groups in total. The van der Waals surface area contributed by atoms with Crippen molar-refractivity contribution >= 4 is 65.4 Å². The van der Waals surface area contributed by atoms with Crippen LogP contribution in [0.25, 0.3) is 116 Å². The van der Waals surface area contributed by atoms with E-state index in [-0.39, 0.29) is 27.5 Å². The topological polar surface area (TPSA) is 14.8 Å². The van der Waals surface area contributed by atoms with Crippen LogP contribution in [0.2, 0.25) is 0 Å². The molecule has 3 heterocycles. The molecule has 10 aromatic carbocycles. The maximum Gasteiger partial charge on any atom is 0.0645 e. The summed E-state index contributed by atoms with van der Waals surface area (Å²) in [5.74, 6) is 0. The SMILES string of the molecule is [2H]c1c([2H])c([2H])c2c(c1[2H])c1c(-n3c4c([2H])c([2H])c([2H])c([2H])c4c4c(-n5c6c([2H])c([2H])c([2H])c([2H])c6c6c([2H])c([2H])c([2H])c([2H])c65)c([2H])c([2H])c([2H])c43)c([2H])c([2H])c([2H])c1n2-c1cc(-c2ccccc2)cc(-c2cccc(-c3ccccc3)c2)c1. The lowest BCUT2D eigenvalue weighted by atomic mass is 9.95. The predicted molar refractivity (Wildman–Crippen MR) is 266 cm³/mol. The van der Waals surface area contributed by atoms with Crippen LogP contribution >= 0.6 is 0 Å². The molecular weight excluding hydrogens is 763 g/mol. The fourth-order valence-electron chi connectivity index (χ4n) is 8.79. The highest BCUT2D eigenvalue weighted by Crippen LogP contribution is 2.44. The fraction of sp³-hybridized carbons (Fsp3) is 0. The number of para-hydroxylation sites is 4. The molecule has 0 unspecified atom stereocenters. The van der Waals surface area contributed by atoms with E-state index in [1.165, 1.54) is 4.57 Å². The highest BCUT2D eigenvalue weighted by Gasteiger charge is 2.23. The molecular formula is C60H39N3. The minimum Gasteiger partial charge on any atom is -0.309 e. The molecule has 0 aliphatic heterocycles. The van der Waals surface area contributed by atoms with Gasteiger partial charge in [-0.3, -0.25) is 0 Å². The summed E-state index contributed by atoms with van der Waals surface area (Å²) >= 11 is 0. The molecule has 3 aromatic heterocycles. The third kappa shape index (κ3) is 5.46. The van der Waals surface area contributed by atoms with E-state index in [1.54, 1.807) is 12.1 Å². The van der Waals surface area contributed by atoms with Gasteiger partial charge in [-0.25, -0.2) is 0 Å². The number of hydrogen-bond acceptors (Lipinski definition) is 0. The summed E-state index contributed by atoms with van der Waals surface area (Å²) < 4.78 is 209. The molecule has 0 saturated heterocycles. The summed E-state index contributed by atoms with van der Waals surface area (Å²) in [6.45, 7) is 0. The standard InChI is InChI=1S/C60H39N3/c1-3-18-40(19-4-1)42-22-15-23-43(36-42)45-37-44(41-20-5-2-6-21-41)38-46(39-45)61-53-30-13-9-26-49(53)59-55(61)32-16-34-57(59)63-54-31-14-10-27-50(54)60-56(33-17-35-58(60)63)62-51-28-11-7-24-47(51)48-25-8-12-29-52(48)62/h1-39H/i7D,8D,9D,10D,11D,12D,13D,14D,16D,17D,24D,25D,26D,27D,28D,29D,30D,31D,32D,33D,34D,35D. The van der Waals surface area contributed by atoms with Crippen LogP contribution in [0.4, 0.5) is 0 Å². The van der Waals surface area contributed by atoms with Gasteiger partial charge in [0.05, 0.1) is 74.6 Å². The van der Waals surface area contributed by atoms with Crippen molar-refractivity contribution < 1.29 is 30.2 Å². The molecule has 0 aliphatic carbocycles. The molecule has 13 aromatic rings. The van der Waals surface area contributed by atoms with Crippen molar-refractivity contribution in [3.63, 3.8) is 0 Å². The van der Waals surface area contributed by atoms with Crippen LogP contribution in [-0.4, -0.2) is 13.7 Å². The lowest BCUT2D eigenvalue weighted by Gasteiger charge is -2.15. The van der Waals surface area contributed by atoms with Crippen LogP contribution < -0.4 is 0 Å². The first-order chi connectivity index (χ1) is 40.4. The number of hydrogen-bond donors (Lipinski definition) is 0. The van der Waals surface area contributed by atoms with E-state index in [2.05, 4.69) is 0 Å². The van der Waals surface area contributed by atoms with E-state index in [0.29, 0.717) is 11.1 Å². The van der Waals surface area contributed by atoms with E-state index in [0.717, 1.165) is 31.4 Å². The van der Waals surface area contributed by atoms with Crippen molar-refractivity contribution in [2.75, 3.05) is 0 Å². The van der Waals surface area contributed by atoms with E-state index in [9.17, 15) is 16.4 Å². The van der Waals surface area contributed by atoms with Gasteiger partial charge < -0.3 is 13.7 Å². The Kier molecular flexibility index (Phi) is 4.47. The quantitative estimate of drug-likeness (QED) is 0.159. The average Bonchev–Trinajstić information content (AvgIpc) is 1.56. The van der Waals surface area contributed by atoms with Gasteiger partial charge in [0.1, 0.15) is 0 Å². The normalized spacial score (nSPS) is 16.7. The zero-order chi connectivity index (χ0) is 60.6. The lowest BCUT2D eigenvalue weighted by Crippen LogP contribution is -1.98. The third-order valence-electron chi connectivity index (χ3n) is 11.5. The van der Waals surface area contributed by atoms with Crippen LogP contribution in [0.15, 0.2) is 236 Å². The molecule has 13 rings (SSSR count). The summed E-state index contributed by atoms with van der Waals surface area (Å²) in [4.78, 5) is 0. The Bertz CT molecular complexity index is 5130. The van der Waals surface area contributed by atoms with Crippen molar-refractivity contribution in [1.29, 1.82) is 0 Å². The Morgan fingerprint density at radius 1 is 0.270 bits per heavy atom. The molecule has 0 spiro atoms. The largest absolute Gasteiger partial charge is 0.309 e. The number of rotatable bonds is 6. The first-order valence-corrected chi connectivity index (χ1v) is 19.9. The van der Waals surface area contributed by atoms with Crippen LogP contribution in [0, 0.1) is 0 Å². The maximum atomic E-state index is 9.98. The second-order valence-corrected chi connectivity index (χ2v) is 14.9. The Morgan fingerprint density at radius 2 is 0.635 bits per heavy atom. The van der Waals surface area contributed by atoms with Gasteiger partial charge in [0.25, 0.3) is 0 Å². The molecule has 0 aliphatic rings. The Labute approximate surface area is 395 Å². The van der Waals surface area contributed by atoms with Crippen molar-refractivity contribution in [2.45, 2.75) is 0 Å². The number of aromatic nitrogens is 3. The average molecular weight is 824 g/mol. The minimum atomic E-state index is -0.949. The van der Waals surface area contributed by atoms with E-state index in [1.807, 2.05) is 91.0 Å². The molecule has 0 fully saturated rings. The summed E-state index contributed by atoms with van der Waals surface area (Å²) in [7, 11) is 0. The van der Waals surface area contributed by atoms with Crippen LogP contribution in [0.5, 0.6) is 0 Å². The smallest absolute Gasteiger partial charge is 0.0645 e. The van der Waals surface area contributed by atoms with Gasteiger partial charge in [-0.1, -0.05) is 163 Å². The van der Waals surface area contributed by atoms with Gasteiger partial charge in [-0.05, 0) is 106 Å². The summed E-state index contributed by atoms with van der Waals surface area (Å²) in [6, 6.07) is 14.4. The van der Waals surface area contributed by atoms with Crippen molar-refractivity contribution in [3.05, 3.63) is 236 Å². The van der Waals surface area contributed by atoms with Gasteiger partial charge in [0.15, 0.2) is 0 Å². The summed E-state index contributed by atoms with van der Waals surface area (Å²) in [5.41, 5.74) is 0.735. The zero-order valence-corrected chi connectivity index (χ0v) is 32.7. The molecule has 294 valence electrons. The Balaban J connectivity index is 1.27. The van der Waals surface area contributed by atoms with Gasteiger partial charge in [0.2, 0.25) is 0 Å². The van der Waals surface area contributed by atoms with Gasteiger partial charge in [-0.15, -0.1) is 0 Å². The van der Waals surface area contributed by atoms with Gasteiger partial charge in [0, 0.05) is 38.0 Å². The molecule has 3 heteroatoms. The zero-order valence-electron chi connectivity index (χ0n) is 54.7. The first kappa shape index (κ1) is 20.0. The van der Waals surface area contributed by atoms with Crippen LogP contribution in [-0.2, 0) is 0 Å². The summed E-state index contributed by atoms with van der Waals surface area (Å²) in [5, 5.41) is -2.55. The minimum absolute atomic E-state index is 0.212. The molecule has 0 atom stereocenters. The van der Waals surface area contributed by atoms with Gasteiger partial charge >= 0.3 is 0 Å². The molecule has 0 radical (unpaired) electrons. The first-order valence-electron chi connectivity index (χ1n) is 30.9. The molecule has 0 bridgehead atoms. The highest BCUT2D eigenvalue weighted by molar-refractivity contribution is 6.19. The lowest BCUT2D eigenvalue weighted by molar-refractivity contribution is 1.17. The predicted octanol–water partition coefficient (Wildman–Crippen LogP) is 16.0. The Hall–Kier alpha value is -8.40. The Morgan fingerprint density at radius 3 is 1.19 bits per heavy atom. The van der Waals surface area contributed by atoms with E-state index >= 15 is 0 Å². The molecule has 0 saturated carbocycles. The van der Waals surface area contributed by atoms with Crippen molar-refractivity contribution in [1.82, 2.24) is 13.7 Å². The van der Waals surface area contributed by atoms with E-state index in [4.69, 9.17) is 13.7 Å². The third-order valence-corrected chi connectivity index (χ3v) is 11.5. The van der Waals surface area contributed by atoms with E-state index < -0.39 is 188 Å². The second-order valence-electron chi connectivity index (χ2n) is 14.9. The fourth-order valence-corrected chi connectivity index (χ4v) is 8.79. The summed E-state index contributed by atoms with van der Waals surface area (Å²) in [6.07, 6.45) is 0. The maximum absolute atomic E-state index is 9.98. The highest BCUT2D eigenvalue weighted by atomic mass is 15.0. The van der Waals surface area contributed by atoms with Crippen molar-refractivity contribution in [2.24, 2.45) is 0 Å². The molecule has 3 nitrogen and oxygen atoms in total. The van der Waals surface area contributed by atoms with Crippen molar-refractivity contribution in [3.8, 4) is 50.4 Å². The van der Waals surface area contributed by atoms with Gasteiger partial charge in [-0.2, -0.15) is 0 Å². The second kappa shape index (κ2) is 14.1. The number of benzene rings is 10. The molecule has 0 amide bonds. The monoisotopic (exact) mass is 823 g/mol. The van der Waals surface area contributed by atoms with Crippen LogP contribution in [0.1, 0.15) is 30.2 Å². The molecule has 63 heavy (non-hydrogen) atoms. The number of fused-ring (bicyclic) bond motifs is 9. The number of nitrogens with zero attached hydrogens (tertiary/aromatic N) is 3. The van der Waals surface area contributed by atoms with Crippen LogP contribution in [0.3, 0.4) is 0 Å².